The highest BCUT2D eigenvalue weighted by atomic mass is 14.9. The summed E-state index contributed by atoms with van der Waals surface area (Å²) in [4.78, 5) is 11.9. The van der Waals surface area contributed by atoms with Crippen LogP contribution in [0.4, 0.5) is 0 Å². The maximum atomic E-state index is 4.45. The monoisotopic (exact) mass is 266 g/mol. The minimum absolute atomic E-state index is 0.789. The highest BCUT2D eigenvalue weighted by Crippen LogP contribution is 2.15. The van der Waals surface area contributed by atoms with Gasteiger partial charge in [0.15, 0.2) is 0 Å². The molecule has 0 amide bonds. The molecule has 0 aromatic carbocycles. The van der Waals surface area contributed by atoms with E-state index < -0.39 is 0 Å². The summed E-state index contributed by atoms with van der Waals surface area (Å²) in [6.45, 7) is 3.76. The SMILES string of the molecule is CCc1cccnc1CNCc1c[nH]c2ncccc12. The quantitative estimate of drug-likeness (QED) is 0.746. The first-order valence-electron chi connectivity index (χ1n) is 6.93. The smallest absolute Gasteiger partial charge is 0.137 e. The maximum absolute atomic E-state index is 4.45. The fraction of sp³-hybridized carbons (Fsp3) is 0.250. The summed E-state index contributed by atoms with van der Waals surface area (Å²) in [5, 5.41) is 4.64. The number of H-pyrrole nitrogens is 1. The van der Waals surface area contributed by atoms with Crippen molar-refractivity contribution in [3.8, 4) is 0 Å². The van der Waals surface area contributed by atoms with E-state index in [9.17, 15) is 0 Å². The zero-order valence-corrected chi connectivity index (χ0v) is 11.6. The maximum Gasteiger partial charge on any atom is 0.137 e. The summed E-state index contributed by atoms with van der Waals surface area (Å²) >= 11 is 0. The predicted molar refractivity (Wildman–Crippen MR) is 80.3 cm³/mol. The molecule has 0 saturated heterocycles. The molecule has 0 atom stereocenters. The topological polar surface area (TPSA) is 53.6 Å². The van der Waals surface area contributed by atoms with E-state index >= 15 is 0 Å². The molecule has 0 spiro atoms. The lowest BCUT2D eigenvalue weighted by Crippen LogP contribution is -2.14. The van der Waals surface area contributed by atoms with E-state index in [1.165, 1.54) is 16.5 Å². The van der Waals surface area contributed by atoms with E-state index in [0.717, 1.165) is 30.9 Å². The van der Waals surface area contributed by atoms with Crippen molar-refractivity contribution < 1.29 is 0 Å². The fourth-order valence-electron chi connectivity index (χ4n) is 2.43. The number of rotatable bonds is 5. The van der Waals surface area contributed by atoms with E-state index in [1.807, 2.05) is 24.5 Å². The van der Waals surface area contributed by atoms with Gasteiger partial charge in [-0.25, -0.2) is 4.98 Å². The summed E-state index contributed by atoms with van der Waals surface area (Å²) in [6.07, 6.45) is 6.69. The third-order valence-electron chi connectivity index (χ3n) is 3.51. The van der Waals surface area contributed by atoms with E-state index in [2.05, 4.69) is 39.3 Å². The minimum Gasteiger partial charge on any atom is -0.346 e. The number of aromatic amines is 1. The van der Waals surface area contributed by atoms with Crippen LogP contribution in [0.5, 0.6) is 0 Å². The lowest BCUT2D eigenvalue weighted by Gasteiger charge is -2.07. The number of aromatic nitrogens is 3. The van der Waals surface area contributed by atoms with Crippen LogP contribution in [0.3, 0.4) is 0 Å². The standard InChI is InChI=1S/C16H18N4/c1-2-12-5-3-7-18-15(12)11-17-9-13-10-20-16-14(13)6-4-8-19-16/h3-8,10,17H,2,9,11H2,1H3,(H,19,20). The van der Waals surface area contributed by atoms with Crippen molar-refractivity contribution in [2.24, 2.45) is 0 Å². The fourth-order valence-corrected chi connectivity index (χ4v) is 2.43. The molecule has 3 aromatic heterocycles. The molecule has 0 unspecified atom stereocenters. The molecule has 3 rings (SSSR count). The molecule has 102 valence electrons. The summed E-state index contributed by atoms with van der Waals surface area (Å²) in [6, 6.07) is 8.19. The highest BCUT2D eigenvalue weighted by molar-refractivity contribution is 5.79. The van der Waals surface area contributed by atoms with E-state index in [4.69, 9.17) is 0 Å². The summed E-state index contributed by atoms with van der Waals surface area (Å²) in [7, 11) is 0. The number of nitrogens with one attached hydrogen (secondary N) is 2. The summed E-state index contributed by atoms with van der Waals surface area (Å²) in [5.41, 5.74) is 4.62. The first-order chi connectivity index (χ1) is 9.88. The van der Waals surface area contributed by atoms with Crippen molar-refractivity contribution in [2.45, 2.75) is 26.4 Å². The Labute approximate surface area is 118 Å². The van der Waals surface area contributed by atoms with Crippen molar-refractivity contribution in [1.29, 1.82) is 0 Å². The Hall–Kier alpha value is -2.20. The van der Waals surface area contributed by atoms with Gasteiger partial charge in [-0.15, -0.1) is 0 Å². The molecule has 0 saturated carbocycles. The molecule has 0 bridgehead atoms. The Balaban J connectivity index is 1.68. The van der Waals surface area contributed by atoms with Crippen molar-refractivity contribution >= 4 is 11.0 Å². The lowest BCUT2D eigenvalue weighted by atomic mass is 10.1. The van der Waals surface area contributed by atoms with E-state index in [-0.39, 0.29) is 0 Å². The average molecular weight is 266 g/mol. The molecule has 3 heterocycles. The van der Waals surface area contributed by atoms with Gasteiger partial charge in [0.05, 0.1) is 5.69 Å². The molecular weight excluding hydrogens is 248 g/mol. The first kappa shape index (κ1) is 12.8. The van der Waals surface area contributed by atoms with Crippen molar-refractivity contribution in [3.05, 3.63) is 59.7 Å². The Bertz CT molecular complexity index is 702. The molecule has 3 aromatic rings. The van der Waals surface area contributed by atoms with Crippen LogP contribution >= 0.6 is 0 Å². The van der Waals surface area contributed by atoms with Crippen molar-refractivity contribution in [2.75, 3.05) is 0 Å². The van der Waals surface area contributed by atoms with Crippen LogP contribution in [0.2, 0.25) is 0 Å². The Morgan fingerprint density at radius 1 is 1.05 bits per heavy atom. The molecule has 20 heavy (non-hydrogen) atoms. The highest BCUT2D eigenvalue weighted by Gasteiger charge is 2.05. The zero-order chi connectivity index (χ0) is 13.8. The molecule has 0 radical (unpaired) electrons. The van der Waals surface area contributed by atoms with Gasteiger partial charge in [0.2, 0.25) is 0 Å². The van der Waals surface area contributed by atoms with Crippen LogP contribution in [-0.4, -0.2) is 15.0 Å². The average Bonchev–Trinajstić information content (AvgIpc) is 2.91. The Morgan fingerprint density at radius 3 is 2.80 bits per heavy atom. The van der Waals surface area contributed by atoms with Gasteiger partial charge in [-0.2, -0.15) is 0 Å². The second-order valence-corrected chi connectivity index (χ2v) is 4.78. The largest absolute Gasteiger partial charge is 0.346 e. The Morgan fingerprint density at radius 2 is 1.90 bits per heavy atom. The summed E-state index contributed by atoms with van der Waals surface area (Å²) < 4.78 is 0. The normalized spacial score (nSPS) is 11.1. The van der Waals surface area contributed by atoms with Crippen LogP contribution < -0.4 is 5.32 Å². The van der Waals surface area contributed by atoms with Gasteiger partial charge in [-0.1, -0.05) is 13.0 Å². The van der Waals surface area contributed by atoms with Crippen LogP contribution in [0.15, 0.2) is 42.9 Å². The van der Waals surface area contributed by atoms with Crippen molar-refractivity contribution in [3.63, 3.8) is 0 Å². The number of aryl methyl sites for hydroxylation is 1. The molecule has 2 N–H and O–H groups in total. The molecule has 4 nitrogen and oxygen atoms in total. The molecule has 0 aliphatic carbocycles. The Kier molecular flexibility index (Phi) is 3.74. The van der Waals surface area contributed by atoms with Gasteiger partial charge in [-0.3, -0.25) is 4.98 Å². The molecule has 4 heteroatoms. The lowest BCUT2D eigenvalue weighted by molar-refractivity contribution is 0.676. The molecular formula is C16H18N4. The van der Waals surface area contributed by atoms with Gasteiger partial charge in [0, 0.05) is 37.1 Å². The number of hydrogen-bond donors (Lipinski definition) is 2. The summed E-state index contributed by atoms with van der Waals surface area (Å²) in [5.74, 6) is 0. The molecule has 0 fully saturated rings. The third-order valence-corrected chi connectivity index (χ3v) is 3.51. The van der Waals surface area contributed by atoms with Crippen LogP contribution in [-0.2, 0) is 19.5 Å². The van der Waals surface area contributed by atoms with Gasteiger partial charge < -0.3 is 10.3 Å². The van der Waals surface area contributed by atoms with Crippen molar-refractivity contribution in [1.82, 2.24) is 20.3 Å². The van der Waals surface area contributed by atoms with Crippen LogP contribution in [0.1, 0.15) is 23.7 Å². The van der Waals surface area contributed by atoms with E-state index in [0.29, 0.717) is 0 Å². The molecule has 0 aliphatic rings. The van der Waals surface area contributed by atoms with Crippen LogP contribution in [0, 0.1) is 0 Å². The minimum atomic E-state index is 0.789. The number of hydrogen-bond acceptors (Lipinski definition) is 3. The zero-order valence-electron chi connectivity index (χ0n) is 11.6. The number of nitrogens with zero attached hydrogens (tertiary/aromatic N) is 2. The van der Waals surface area contributed by atoms with Gasteiger partial charge in [0.25, 0.3) is 0 Å². The first-order valence-corrected chi connectivity index (χ1v) is 6.93. The second kappa shape index (κ2) is 5.84. The van der Waals surface area contributed by atoms with Gasteiger partial charge >= 0.3 is 0 Å². The number of pyridine rings is 2. The van der Waals surface area contributed by atoms with E-state index in [1.54, 1.807) is 6.20 Å². The number of fused-ring (bicyclic) bond motifs is 1. The van der Waals surface area contributed by atoms with Gasteiger partial charge in [0.1, 0.15) is 5.65 Å². The van der Waals surface area contributed by atoms with Gasteiger partial charge in [-0.05, 0) is 35.7 Å². The second-order valence-electron chi connectivity index (χ2n) is 4.78. The van der Waals surface area contributed by atoms with Crippen LogP contribution in [0.25, 0.3) is 11.0 Å². The predicted octanol–water partition coefficient (Wildman–Crippen LogP) is 2.81. The molecule has 0 aliphatic heterocycles. The third kappa shape index (κ3) is 2.56.